The lowest BCUT2D eigenvalue weighted by Gasteiger charge is -2.38. The lowest BCUT2D eigenvalue weighted by atomic mass is 9.98. The molecule has 3 aromatic rings. The number of hydrogen-bond acceptors (Lipinski definition) is 5. The van der Waals surface area contributed by atoms with E-state index in [-0.39, 0.29) is 30.7 Å². The Balaban J connectivity index is 1.27. The summed E-state index contributed by atoms with van der Waals surface area (Å²) in [6, 6.07) is 9.32. The van der Waals surface area contributed by atoms with Gasteiger partial charge in [-0.15, -0.1) is 0 Å². The number of nitrogens with one attached hydrogen (secondary N) is 1. The lowest BCUT2D eigenvalue weighted by Crippen LogP contribution is -2.55. The number of aryl methyl sites for hydroxylation is 3. The fourth-order valence-electron chi connectivity index (χ4n) is 3.62. The van der Waals surface area contributed by atoms with Crippen molar-refractivity contribution in [2.75, 3.05) is 13.1 Å². The van der Waals surface area contributed by atoms with Gasteiger partial charge in [0.05, 0.1) is 23.7 Å². The van der Waals surface area contributed by atoms with Crippen LogP contribution in [0, 0.1) is 19.8 Å². The quantitative estimate of drug-likeness (QED) is 0.670. The molecule has 0 radical (unpaired) electrons. The number of aromatic nitrogens is 2. The van der Waals surface area contributed by atoms with Gasteiger partial charge in [-0.25, -0.2) is 4.79 Å². The van der Waals surface area contributed by atoms with Crippen LogP contribution in [0.2, 0.25) is 0 Å². The van der Waals surface area contributed by atoms with Crippen molar-refractivity contribution in [1.82, 2.24) is 19.8 Å². The van der Waals surface area contributed by atoms with Crippen LogP contribution in [0.4, 0.5) is 0 Å². The molecule has 8 nitrogen and oxygen atoms in total. The molecule has 0 saturated carbocycles. The summed E-state index contributed by atoms with van der Waals surface area (Å²) in [7, 11) is 0. The fourth-order valence-corrected chi connectivity index (χ4v) is 3.62. The molecule has 4 rings (SSSR count). The second kappa shape index (κ2) is 8.14. The van der Waals surface area contributed by atoms with Crippen molar-refractivity contribution >= 4 is 22.9 Å². The third-order valence-electron chi connectivity index (χ3n) is 5.53. The molecule has 0 unspecified atom stereocenters. The molecular weight excluding hydrogens is 384 g/mol. The van der Waals surface area contributed by atoms with E-state index in [2.05, 4.69) is 10.3 Å². The topological polar surface area (TPSA) is 97.4 Å². The maximum Gasteiger partial charge on any atom is 0.419 e. The number of carbonyl (C=O) groups excluding carboxylic acids is 2. The molecule has 0 spiro atoms. The Bertz CT molecular complexity index is 1160. The van der Waals surface area contributed by atoms with E-state index in [1.807, 2.05) is 38.1 Å². The summed E-state index contributed by atoms with van der Waals surface area (Å²) in [6.07, 6.45) is 1.89. The first-order valence-corrected chi connectivity index (χ1v) is 9.98. The minimum Gasteiger partial charge on any atom is -0.408 e. The molecule has 1 aromatic carbocycles. The molecule has 1 N–H and O–H groups in total. The molecule has 8 heteroatoms. The third kappa shape index (κ3) is 3.98. The van der Waals surface area contributed by atoms with Crippen molar-refractivity contribution in [2.24, 2.45) is 5.92 Å². The van der Waals surface area contributed by atoms with Crippen molar-refractivity contribution in [3.05, 3.63) is 63.9 Å². The second-order valence-corrected chi connectivity index (χ2v) is 7.72. The summed E-state index contributed by atoms with van der Waals surface area (Å²) >= 11 is 0. The SMILES string of the molecule is Cc1ccc2oc(=O)n(CCC(=O)N3CC(C(=O)NCc4ncccc4C)C3)c2c1. The van der Waals surface area contributed by atoms with Gasteiger partial charge in [0, 0.05) is 32.3 Å². The van der Waals surface area contributed by atoms with Gasteiger partial charge in [-0.3, -0.25) is 19.1 Å². The van der Waals surface area contributed by atoms with E-state index in [1.165, 1.54) is 4.57 Å². The van der Waals surface area contributed by atoms with Gasteiger partial charge in [0.15, 0.2) is 5.58 Å². The maximum atomic E-state index is 12.5. The van der Waals surface area contributed by atoms with E-state index in [1.54, 1.807) is 17.2 Å². The summed E-state index contributed by atoms with van der Waals surface area (Å²) in [5.41, 5.74) is 4.09. The van der Waals surface area contributed by atoms with Crippen molar-refractivity contribution < 1.29 is 14.0 Å². The van der Waals surface area contributed by atoms with Crippen LogP contribution in [0.1, 0.15) is 23.2 Å². The predicted octanol–water partition coefficient (Wildman–Crippen LogP) is 1.77. The Hall–Kier alpha value is -3.42. The fraction of sp³-hybridized carbons (Fsp3) is 0.364. The van der Waals surface area contributed by atoms with Crippen molar-refractivity contribution in [2.45, 2.75) is 33.4 Å². The van der Waals surface area contributed by atoms with E-state index in [9.17, 15) is 14.4 Å². The zero-order valence-electron chi connectivity index (χ0n) is 17.1. The number of amides is 2. The van der Waals surface area contributed by atoms with Crippen LogP contribution in [0.15, 0.2) is 45.7 Å². The monoisotopic (exact) mass is 408 g/mol. The van der Waals surface area contributed by atoms with Crippen LogP contribution in [0.3, 0.4) is 0 Å². The first kappa shape index (κ1) is 19.9. The molecule has 0 atom stereocenters. The lowest BCUT2D eigenvalue weighted by molar-refractivity contribution is -0.143. The van der Waals surface area contributed by atoms with Gasteiger partial charge in [0.25, 0.3) is 0 Å². The summed E-state index contributed by atoms with van der Waals surface area (Å²) in [6.45, 7) is 5.31. The minimum atomic E-state index is -0.464. The molecule has 2 amide bonds. The maximum absolute atomic E-state index is 12.5. The average molecular weight is 408 g/mol. The van der Waals surface area contributed by atoms with E-state index in [0.29, 0.717) is 30.7 Å². The molecule has 2 aromatic heterocycles. The molecule has 1 fully saturated rings. The minimum absolute atomic E-state index is 0.0726. The zero-order chi connectivity index (χ0) is 21.3. The molecular formula is C22H24N4O4. The Kier molecular flexibility index (Phi) is 5.39. The third-order valence-corrected chi connectivity index (χ3v) is 5.53. The van der Waals surface area contributed by atoms with Crippen molar-refractivity contribution in [1.29, 1.82) is 0 Å². The highest BCUT2D eigenvalue weighted by Gasteiger charge is 2.35. The van der Waals surface area contributed by atoms with E-state index >= 15 is 0 Å². The van der Waals surface area contributed by atoms with Gasteiger partial charge >= 0.3 is 5.76 Å². The smallest absolute Gasteiger partial charge is 0.408 e. The molecule has 1 aliphatic rings. The van der Waals surface area contributed by atoms with Gasteiger partial charge in [0.2, 0.25) is 11.8 Å². The Morgan fingerprint density at radius 1 is 1.23 bits per heavy atom. The standard InChI is InChI=1S/C22H24N4O4/c1-14-5-6-19-18(10-14)26(22(29)30-19)9-7-20(27)25-12-16(13-25)21(28)24-11-17-15(2)4-3-8-23-17/h3-6,8,10,16H,7,9,11-13H2,1-2H3,(H,24,28). The summed E-state index contributed by atoms with van der Waals surface area (Å²) in [5.74, 6) is -0.822. The number of hydrogen-bond donors (Lipinski definition) is 1. The largest absolute Gasteiger partial charge is 0.419 e. The van der Waals surface area contributed by atoms with E-state index in [0.717, 1.165) is 16.8 Å². The number of fused-ring (bicyclic) bond motifs is 1. The molecule has 3 heterocycles. The predicted molar refractivity (Wildman–Crippen MR) is 111 cm³/mol. The van der Waals surface area contributed by atoms with Crippen LogP contribution in [0.25, 0.3) is 11.1 Å². The van der Waals surface area contributed by atoms with Crippen molar-refractivity contribution in [3.63, 3.8) is 0 Å². The molecule has 1 aliphatic heterocycles. The number of oxazole rings is 1. The molecule has 30 heavy (non-hydrogen) atoms. The Labute approximate surface area is 173 Å². The highest BCUT2D eigenvalue weighted by molar-refractivity contribution is 5.84. The number of benzene rings is 1. The number of nitrogens with zero attached hydrogens (tertiary/aromatic N) is 3. The summed E-state index contributed by atoms with van der Waals surface area (Å²) in [4.78, 5) is 42.8. The number of pyridine rings is 1. The number of rotatable bonds is 6. The van der Waals surface area contributed by atoms with Gasteiger partial charge in [0.1, 0.15) is 0 Å². The van der Waals surface area contributed by atoms with Gasteiger partial charge in [-0.2, -0.15) is 0 Å². The first-order chi connectivity index (χ1) is 14.4. The molecule has 0 bridgehead atoms. The molecule has 156 valence electrons. The Morgan fingerprint density at radius 2 is 2.03 bits per heavy atom. The average Bonchev–Trinajstić information content (AvgIpc) is 2.99. The number of likely N-dealkylation sites (tertiary alicyclic amines) is 1. The first-order valence-electron chi connectivity index (χ1n) is 9.98. The highest BCUT2D eigenvalue weighted by Crippen LogP contribution is 2.19. The van der Waals surface area contributed by atoms with Crippen LogP contribution in [0.5, 0.6) is 0 Å². The zero-order valence-corrected chi connectivity index (χ0v) is 17.1. The van der Waals surface area contributed by atoms with Gasteiger partial charge in [-0.1, -0.05) is 12.1 Å². The van der Waals surface area contributed by atoms with Crippen molar-refractivity contribution in [3.8, 4) is 0 Å². The van der Waals surface area contributed by atoms with Crippen LogP contribution in [-0.2, 0) is 22.7 Å². The second-order valence-electron chi connectivity index (χ2n) is 7.72. The highest BCUT2D eigenvalue weighted by atomic mass is 16.4. The normalized spacial score (nSPS) is 14.0. The van der Waals surface area contributed by atoms with Crippen LogP contribution >= 0.6 is 0 Å². The van der Waals surface area contributed by atoms with Gasteiger partial charge in [-0.05, 0) is 43.2 Å². The van der Waals surface area contributed by atoms with E-state index in [4.69, 9.17) is 4.42 Å². The number of carbonyl (C=O) groups is 2. The summed E-state index contributed by atoms with van der Waals surface area (Å²) < 4.78 is 6.72. The van der Waals surface area contributed by atoms with Gasteiger partial charge < -0.3 is 14.6 Å². The molecule has 0 aliphatic carbocycles. The molecule has 1 saturated heterocycles. The van der Waals surface area contributed by atoms with Crippen LogP contribution < -0.4 is 11.1 Å². The van der Waals surface area contributed by atoms with E-state index < -0.39 is 5.76 Å². The Morgan fingerprint density at radius 3 is 2.80 bits per heavy atom. The van der Waals surface area contributed by atoms with Crippen LogP contribution in [-0.4, -0.2) is 39.4 Å². The summed E-state index contributed by atoms with van der Waals surface area (Å²) in [5, 5.41) is 2.89.